The second-order valence-electron chi connectivity index (χ2n) is 5.03. The summed E-state index contributed by atoms with van der Waals surface area (Å²) in [5, 5.41) is 0. The molecule has 0 bridgehead atoms. The molecule has 0 fully saturated rings. The van der Waals surface area contributed by atoms with Crippen LogP contribution in [0.3, 0.4) is 0 Å². The Morgan fingerprint density at radius 3 is 2.00 bits per heavy atom. The van der Waals surface area contributed by atoms with Crippen molar-refractivity contribution in [2.24, 2.45) is 0 Å². The van der Waals surface area contributed by atoms with Crippen molar-refractivity contribution < 1.29 is 19.0 Å². The lowest BCUT2D eigenvalue weighted by atomic mass is 10.4. The molecule has 0 aliphatic heterocycles. The van der Waals surface area contributed by atoms with E-state index in [0.29, 0.717) is 28.3 Å². The largest absolute Gasteiger partial charge is 0.463 e. The molecule has 0 aromatic rings. The Hall–Kier alpha value is -0.653. The summed E-state index contributed by atoms with van der Waals surface area (Å²) in [6.45, 7) is 12.9. The van der Waals surface area contributed by atoms with Gasteiger partial charge in [-0.3, -0.25) is 0 Å². The Morgan fingerprint density at radius 1 is 1.10 bits per heavy atom. The minimum atomic E-state index is -0.338. The van der Waals surface area contributed by atoms with Gasteiger partial charge in [-0.15, -0.1) is 0 Å². The first kappa shape index (κ1) is 20.3. The molecule has 5 heteroatoms. The lowest BCUT2D eigenvalue weighted by Crippen LogP contribution is -2.36. The predicted molar refractivity (Wildman–Crippen MR) is 86.2 cm³/mol. The second-order valence-corrected chi connectivity index (χ2v) is 6.48. The molecule has 4 nitrogen and oxygen atoms in total. The molecular formula is C16H30O4Si. The highest BCUT2D eigenvalue weighted by Gasteiger charge is 2.21. The minimum Gasteiger partial charge on any atom is -0.463 e. The maximum Gasteiger partial charge on any atom is 0.333 e. The van der Waals surface area contributed by atoms with Crippen LogP contribution in [0.4, 0.5) is 0 Å². The fraction of sp³-hybridized carbons (Fsp3) is 0.812. The van der Waals surface area contributed by atoms with Crippen LogP contribution in [0.2, 0.25) is 0 Å². The number of rotatable bonds is 13. The molecule has 0 aromatic carbocycles. The van der Waals surface area contributed by atoms with Gasteiger partial charge in [-0.1, -0.05) is 40.2 Å². The van der Waals surface area contributed by atoms with Crippen LogP contribution in [-0.2, 0) is 19.0 Å². The molecule has 1 atom stereocenters. The van der Waals surface area contributed by atoms with Crippen molar-refractivity contribution in [3.05, 3.63) is 12.2 Å². The third-order valence-electron chi connectivity index (χ3n) is 2.82. The summed E-state index contributed by atoms with van der Waals surface area (Å²) in [7, 11) is 0.294. The molecule has 21 heavy (non-hydrogen) atoms. The summed E-state index contributed by atoms with van der Waals surface area (Å²) in [4.78, 5) is 11.6. The van der Waals surface area contributed by atoms with Crippen LogP contribution in [0.15, 0.2) is 12.2 Å². The summed E-state index contributed by atoms with van der Waals surface area (Å²) < 4.78 is 17.0. The van der Waals surface area contributed by atoms with Crippen molar-refractivity contribution in [1.82, 2.24) is 0 Å². The first-order chi connectivity index (χ1) is 10.0. The molecule has 0 amide bonds. The SMILES string of the molecule is C=C(C)C(=O)OC(CC)[Si]C(OCCCC)OCCCC. The molecular weight excluding hydrogens is 284 g/mol. The van der Waals surface area contributed by atoms with Gasteiger partial charge in [0.2, 0.25) is 0 Å². The number of hydrogen-bond donors (Lipinski definition) is 0. The van der Waals surface area contributed by atoms with Gasteiger partial charge >= 0.3 is 5.97 Å². The minimum absolute atomic E-state index is 0.164. The van der Waals surface area contributed by atoms with Crippen LogP contribution < -0.4 is 0 Å². The van der Waals surface area contributed by atoms with Gasteiger partial charge in [0.25, 0.3) is 0 Å². The molecule has 122 valence electrons. The first-order valence-corrected chi connectivity index (χ1v) is 9.06. The maximum absolute atomic E-state index is 11.6. The number of hydrogen-bond acceptors (Lipinski definition) is 4. The van der Waals surface area contributed by atoms with E-state index in [0.717, 1.165) is 32.1 Å². The van der Waals surface area contributed by atoms with Crippen molar-refractivity contribution in [2.45, 2.75) is 71.4 Å². The molecule has 0 aliphatic rings. The summed E-state index contributed by atoms with van der Waals surface area (Å²) in [5.41, 5.74) is 0.260. The van der Waals surface area contributed by atoms with E-state index in [2.05, 4.69) is 20.4 Å². The van der Waals surface area contributed by atoms with Crippen molar-refractivity contribution in [3.63, 3.8) is 0 Å². The molecule has 0 saturated heterocycles. The quantitative estimate of drug-likeness (QED) is 0.172. The topological polar surface area (TPSA) is 44.8 Å². The van der Waals surface area contributed by atoms with Crippen molar-refractivity contribution >= 4 is 15.5 Å². The van der Waals surface area contributed by atoms with Crippen LogP contribution in [0.5, 0.6) is 0 Å². The predicted octanol–water partition coefficient (Wildman–Crippen LogP) is 3.46. The molecule has 0 spiro atoms. The van der Waals surface area contributed by atoms with Gasteiger partial charge in [0.15, 0.2) is 9.52 Å². The van der Waals surface area contributed by atoms with Crippen molar-refractivity contribution in [1.29, 1.82) is 0 Å². The zero-order valence-electron chi connectivity index (χ0n) is 13.9. The Kier molecular flexibility index (Phi) is 12.6. The highest BCUT2D eigenvalue weighted by Crippen LogP contribution is 2.07. The van der Waals surface area contributed by atoms with Crippen LogP contribution in [-0.4, -0.2) is 40.3 Å². The lowest BCUT2D eigenvalue weighted by Gasteiger charge is -2.23. The second kappa shape index (κ2) is 13.0. The van der Waals surface area contributed by atoms with E-state index in [1.165, 1.54) is 0 Å². The zero-order valence-corrected chi connectivity index (χ0v) is 14.9. The summed E-state index contributed by atoms with van der Waals surface area (Å²) in [5.74, 6) is -0.610. The fourth-order valence-corrected chi connectivity index (χ4v) is 2.57. The third-order valence-corrected chi connectivity index (χ3v) is 4.33. The average molecular weight is 314 g/mol. The van der Waals surface area contributed by atoms with Gasteiger partial charge < -0.3 is 14.2 Å². The van der Waals surface area contributed by atoms with E-state index in [1.807, 2.05) is 6.92 Å². The molecule has 0 N–H and O–H groups in total. The molecule has 0 saturated carbocycles. The number of carbonyl (C=O) groups is 1. The Bertz CT molecular complexity index is 284. The molecule has 1 unspecified atom stereocenters. The molecule has 0 aliphatic carbocycles. The smallest absolute Gasteiger partial charge is 0.333 e. The number of esters is 1. The summed E-state index contributed by atoms with van der Waals surface area (Å²) >= 11 is 0. The van der Waals surface area contributed by atoms with Crippen molar-refractivity contribution in [2.75, 3.05) is 13.2 Å². The number of carbonyl (C=O) groups excluding carboxylic acids is 1. The molecule has 0 heterocycles. The van der Waals surface area contributed by atoms with E-state index in [-0.39, 0.29) is 17.6 Å². The molecule has 0 rings (SSSR count). The number of ether oxygens (including phenoxy) is 3. The van der Waals surface area contributed by atoms with Crippen LogP contribution in [0.1, 0.15) is 59.8 Å². The third kappa shape index (κ3) is 10.7. The summed E-state index contributed by atoms with van der Waals surface area (Å²) in [6.07, 6.45) is 4.96. The van der Waals surface area contributed by atoms with Gasteiger partial charge in [-0.25, -0.2) is 4.79 Å². The van der Waals surface area contributed by atoms with E-state index in [1.54, 1.807) is 6.92 Å². The van der Waals surface area contributed by atoms with E-state index < -0.39 is 0 Å². The van der Waals surface area contributed by atoms with Crippen molar-refractivity contribution in [3.8, 4) is 0 Å². The van der Waals surface area contributed by atoms with Crippen LogP contribution in [0, 0.1) is 0 Å². The van der Waals surface area contributed by atoms with Gasteiger partial charge in [0.1, 0.15) is 5.91 Å². The first-order valence-electron chi connectivity index (χ1n) is 7.90. The van der Waals surface area contributed by atoms with E-state index in [9.17, 15) is 4.79 Å². The Labute approximate surface area is 132 Å². The maximum atomic E-state index is 11.6. The molecule has 2 radical (unpaired) electrons. The van der Waals surface area contributed by atoms with E-state index in [4.69, 9.17) is 14.2 Å². The van der Waals surface area contributed by atoms with E-state index >= 15 is 0 Å². The van der Waals surface area contributed by atoms with Gasteiger partial charge in [-0.05, 0) is 26.2 Å². The lowest BCUT2D eigenvalue weighted by molar-refractivity contribution is -0.141. The van der Waals surface area contributed by atoms with Gasteiger partial charge in [-0.2, -0.15) is 0 Å². The monoisotopic (exact) mass is 314 g/mol. The Balaban J connectivity index is 4.35. The Morgan fingerprint density at radius 2 is 1.62 bits per heavy atom. The van der Waals surface area contributed by atoms with Crippen LogP contribution >= 0.6 is 0 Å². The zero-order chi connectivity index (χ0) is 16.1. The highest BCUT2D eigenvalue weighted by molar-refractivity contribution is 6.38. The highest BCUT2D eigenvalue weighted by atomic mass is 28.2. The van der Waals surface area contributed by atoms with Gasteiger partial charge in [0.05, 0.1) is 5.73 Å². The van der Waals surface area contributed by atoms with Crippen LogP contribution in [0.25, 0.3) is 0 Å². The summed E-state index contributed by atoms with van der Waals surface area (Å²) in [6, 6.07) is 0. The average Bonchev–Trinajstić information content (AvgIpc) is 2.46. The number of unbranched alkanes of at least 4 members (excludes halogenated alkanes) is 2. The fourth-order valence-electron chi connectivity index (χ4n) is 1.43. The normalized spacial score (nSPS) is 12.4. The van der Waals surface area contributed by atoms with Gasteiger partial charge in [0, 0.05) is 18.8 Å². The standard InChI is InChI=1S/C16H30O4Si/c1-6-9-11-18-16(19-12-10-7-2)21-14(8-3)20-15(17)13(4)5/h14,16H,4,6-12H2,1-3,5H3. The molecule has 0 aromatic heterocycles.